The van der Waals surface area contributed by atoms with Gasteiger partial charge in [-0.1, -0.05) is 27.7 Å². The number of nitrogens with zero attached hydrogens (tertiary/aromatic N) is 3. The van der Waals surface area contributed by atoms with E-state index in [-0.39, 0.29) is 28.6 Å². The summed E-state index contributed by atoms with van der Waals surface area (Å²) in [4.78, 5) is 11.0. The number of rotatable bonds is 8. The minimum atomic E-state index is -0.370. The van der Waals surface area contributed by atoms with Crippen molar-refractivity contribution in [2.75, 3.05) is 18.5 Å². The zero-order chi connectivity index (χ0) is 16.2. The van der Waals surface area contributed by atoms with Gasteiger partial charge in [0.25, 0.3) is 0 Å². The molecular formula is C14H26N4O3. The third-order valence-electron chi connectivity index (χ3n) is 3.52. The van der Waals surface area contributed by atoms with Gasteiger partial charge in [0.1, 0.15) is 5.69 Å². The fourth-order valence-electron chi connectivity index (χ4n) is 2.27. The Bertz CT molecular complexity index is 495. The molecule has 0 fully saturated rings. The number of aromatic nitrogens is 2. The average Bonchev–Trinajstić information content (AvgIpc) is 2.71. The van der Waals surface area contributed by atoms with Crippen molar-refractivity contribution in [1.82, 2.24) is 9.78 Å². The van der Waals surface area contributed by atoms with E-state index in [0.717, 1.165) is 12.8 Å². The highest BCUT2D eigenvalue weighted by atomic mass is 16.6. The molecule has 1 heterocycles. The van der Waals surface area contributed by atoms with Gasteiger partial charge in [-0.25, -0.2) is 4.68 Å². The van der Waals surface area contributed by atoms with Crippen molar-refractivity contribution in [2.24, 2.45) is 12.5 Å². The van der Waals surface area contributed by atoms with Gasteiger partial charge in [-0.3, -0.25) is 10.1 Å². The number of aliphatic hydroxyl groups is 1. The summed E-state index contributed by atoms with van der Waals surface area (Å²) in [6.07, 6.45) is 1.57. The van der Waals surface area contributed by atoms with Crippen LogP contribution < -0.4 is 5.32 Å². The molecule has 0 amide bonds. The Balaban J connectivity index is 2.95. The van der Waals surface area contributed by atoms with Crippen LogP contribution in [0, 0.1) is 15.5 Å². The van der Waals surface area contributed by atoms with E-state index in [4.69, 9.17) is 5.11 Å². The molecule has 1 rings (SSSR count). The highest BCUT2D eigenvalue weighted by Crippen LogP contribution is 2.34. The van der Waals surface area contributed by atoms with Gasteiger partial charge in [0, 0.05) is 26.1 Å². The molecule has 1 aromatic rings. The van der Waals surface area contributed by atoms with E-state index in [1.807, 2.05) is 13.8 Å². The van der Waals surface area contributed by atoms with Crippen molar-refractivity contribution in [3.63, 3.8) is 0 Å². The Morgan fingerprint density at radius 3 is 2.57 bits per heavy atom. The molecule has 7 heteroatoms. The fraction of sp³-hybridized carbons (Fsp3) is 0.786. The van der Waals surface area contributed by atoms with Crippen LogP contribution in [0.4, 0.5) is 11.5 Å². The second kappa shape index (κ2) is 6.89. The molecule has 0 aromatic carbocycles. The van der Waals surface area contributed by atoms with Gasteiger partial charge < -0.3 is 10.4 Å². The summed E-state index contributed by atoms with van der Waals surface area (Å²) >= 11 is 0. The first-order valence-electron chi connectivity index (χ1n) is 7.25. The van der Waals surface area contributed by atoms with Gasteiger partial charge in [-0.2, -0.15) is 5.10 Å². The first-order chi connectivity index (χ1) is 9.69. The van der Waals surface area contributed by atoms with Crippen LogP contribution in [0.5, 0.6) is 0 Å². The van der Waals surface area contributed by atoms with Crippen LogP contribution in [0.2, 0.25) is 0 Å². The molecular weight excluding hydrogens is 272 g/mol. The molecule has 2 N–H and O–H groups in total. The lowest BCUT2D eigenvalue weighted by Gasteiger charge is -2.24. The van der Waals surface area contributed by atoms with Gasteiger partial charge in [0.2, 0.25) is 5.82 Å². The number of nitro groups is 1. The first-order valence-corrected chi connectivity index (χ1v) is 7.25. The molecule has 0 unspecified atom stereocenters. The Kier molecular flexibility index (Phi) is 5.71. The van der Waals surface area contributed by atoms with Gasteiger partial charge in [-0.15, -0.1) is 0 Å². The standard InChI is InChI=1S/C14H26N4O3/c1-10(2)11-12(18(20)21)13(17(5)16-11)15-9-14(3,4)7-6-8-19/h10,15,19H,6-9H2,1-5H3. The van der Waals surface area contributed by atoms with Gasteiger partial charge in [0.05, 0.1) is 4.92 Å². The molecule has 0 aliphatic heterocycles. The zero-order valence-corrected chi connectivity index (χ0v) is 13.5. The van der Waals surface area contributed by atoms with Crippen molar-refractivity contribution in [3.8, 4) is 0 Å². The van der Waals surface area contributed by atoms with Crippen LogP contribution in [-0.4, -0.2) is 33.0 Å². The monoisotopic (exact) mass is 298 g/mol. The molecule has 0 bridgehead atoms. The molecule has 0 atom stereocenters. The normalized spacial score (nSPS) is 12.0. The van der Waals surface area contributed by atoms with Crippen molar-refractivity contribution < 1.29 is 10.0 Å². The number of aryl methyl sites for hydroxylation is 1. The Hall–Kier alpha value is -1.63. The quantitative estimate of drug-likeness (QED) is 0.568. The molecule has 21 heavy (non-hydrogen) atoms. The smallest absolute Gasteiger partial charge is 0.334 e. The Morgan fingerprint density at radius 1 is 1.48 bits per heavy atom. The number of aliphatic hydroxyl groups excluding tert-OH is 1. The molecule has 0 radical (unpaired) electrons. The summed E-state index contributed by atoms with van der Waals surface area (Å²) < 4.78 is 1.54. The van der Waals surface area contributed by atoms with E-state index >= 15 is 0 Å². The number of hydrogen-bond acceptors (Lipinski definition) is 5. The zero-order valence-electron chi connectivity index (χ0n) is 13.5. The summed E-state index contributed by atoms with van der Waals surface area (Å²) in [6, 6.07) is 0. The predicted molar refractivity (Wildman–Crippen MR) is 82.5 cm³/mol. The summed E-state index contributed by atoms with van der Waals surface area (Å²) in [5.74, 6) is 0.440. The lowest BCUT2D eigenvalue weighted by molar-refractivity contribution is -0.384. The van der Waals surface area contributed by atoms with Crippen molar-refractivity contribution in [2.45, 2.75) is 46.5 Å². The van der Waals surface area contributed by atoms with Crippen LogP contribution in [-0.2, 0) is 7.05 Å². The molecule has 0 saturated heterocycles. The lowest BCUT2D eigenvalue weighted by Crippen LogP contribution is -2.24. The van der Waals surface area contributed by atoms with Crippen molar-refractivity contribution in [3.05, 3.63) is 15.8 Å². The van der Waals surface area contributed by atoms with Gasteiger partial charge in [-0.05, 0) is 18.3 Å². The maximum absolute atomic E-state index is 11.3. The van der Waals surface area contributed by atoms with E-state index in [9.17, 15) is 10.1 Å². The number of anilines is 1. The van der Waals surface area contributed by atoms with E-state index in [2.05, 4.69) is 24.3 Å². The minimum absolute atomic E-state index is 0.00505. The summed E-state index contributed by atoms with van der Waals surface area (Å²) in [6.45, 7) is 8.68. The van der Waals surface area contributed by atoms with Crippen LogP contribution in [0.3, 0.4) is 0 Å². The number of nitrogens with one attached hydrogen (secondary N) is 1. The highest BCUT2D eigenvalue weighted by Gasteiger charge is 2.29. The highest BCUT2D eigenvalue weighted by molar-refractivity contribution is 5.60. The Labute approximate surface area is 125 Å². The molecule has 0 aliphatic rings. The summed E-state index contributed by atoms with van der Waals surface area (Å²) in [7, 11) is 1.71. The summed E-state index contributed by atoms with van der Waals surface area (Å²) in [5, 5.41) is 27.7. The average molecular weight is 298 g/mol. The second-order valence-corrected chi connectivity index (χ2v) is 6.46. The van der Waals surface area contributed by atoms with Crippen LogP contribution in [0.1, 0.15) is 52.1 Å². The summed E-state index contributed by atoms with van der Waals surface area (Å²) in [5.41, 5.74) is 0.502. The van der Waals surface area contributed by atoms with E-state index in [1.165, 1.54) is 4.68 Å². The predicted octanol–water partition coefficient (Wildman–Crippen LogP) is 2.66. The topological polar surface area (TPSA) is 93.2 Å². The molecule has 0 saturated carbocycles. The van der Waals surface area contributed by atoms with Crippen LogP contribution in [0.15, 0.2) is 0 Å². The van der Waals surface area contributed by atoms with Gasteiger partial charge in [0.15, 0.2) is 0 Å². The minimum Gasteiger partial charge on any atom is -0.396 e. The maximum atomic E-state index is 11.3. The molecule has 0 aliphatic carbocycles. The Morgan fingerprint density at radius 2 is 2.10 bits per heavy atom. The van der Waals surface area contributed by atoms with E-state index in [1.54, 1.807) is 7.05 Å². The van der Waals surface area contributed by atoms with Crippen LogP contribution >= 0.6 is 0 Å². The molecule has 1 aromatic heterocycles. The van der Waals surface area contributed by atoms with E-state index < -0.39 is 0 Å². The third-order valence-corrected chi connectivity index (χ3v) is 3.52. The van der Waals surface area contributed by atoms with Crippen molar-refractivity contribution >= 4 is 11.5 Å². The molecule has 120 valence electrons. The second-order valence-electron chi connectivity index (χ2n) is 6.46. The largest absolute Gasteiger partial charge is 0.396 e. The fourth-order valence-corrected chi connectivity index (χ4v) is 2.27. The lowest BCUT2D eigenvalue weighted by atomic mass is 9.88. The van der Waals surface area contributed by atoms with Crippen molar-refractivity contribution in [1.29, 1.82) is 0 Å². The van der Waals surface area contributed by atoms with Crippen LogP contribution in [0.25, 0.3) is 0 Å². The molecule has 7 nitrogen and oxygen atoms in total. The molecule has 0 spiro atoms. The maximum Gasteiger partial charge on any atom is 0.334 e. The third kappa shape index (κ3) is 4.42. The number of hydrogen-bond donors (Lipinski definition) is 2. The SMILES string of the molecule is CC(C)c1nn(C)c(NCC(C)(C)CCCO)c1[N+](=O)[O-]. The van der Waals surface area contributed by atoms with E-state index in [0.29, 0.717) is 18.1 Å². The van der Waals surface area contributed by atoms with Gasteiger partial charge >= 0.3 is 5.69 Å². The first kappa shape index (κ1) is 17.4.